The van der Waals surface area contributed by atoms with Gasteiger partial charge in [-0.2, -0.15) is 30.3 Å². The van der Waals surface area contributed by atoms with E-state index in [1.54, 1.807) is 0 Å². The van der Waals surface area contributed by atoms with Crippen LogP contribution in [0.1, 0.15) is 88.3 Å². The van der Waals surface area contributed by atoms with Crippen LogP contribution < -0.4 is 5.30 Å². The van der Waals surface area contributed by atoms with Gasteiger partial charge in [-0.1, -0.05) is 23.1 Å². The Labute approximate surface area is 310 Å². The zero-order valence-corrected chi connectivity index (χ0v) is 32.6. The Morgan fingerprint density at radius 3 is 1.82 bits per heavy atom. The fourth-order valence-corrected chi connectivity index (χ4v) is 18.7. The Kier molecular flexibility index (Phi) is 8.15. The van der Waals surface area contributed by atoms with Crippen molar-refractivity contribution in [1.82, 2.24) is 9.97 Å². The molecule has 8 aliphatic rings. The van der Waals surface area contributed by atoms with E-state index in [1.165, 1.54) is 82.4 Å². The molecule has 0 N–H and O–H groups in total. The van der Waals surface area contributed by atoms with Crippen molar-refractivity contribution in [2.75, 3.05) is 0 Å². The first-order valence-electron chi connectivity index (χ1n) is 19.0. The van der Waals surface area contributed by atoms with Crippen molar-refractivity contribution in [2.24, 2.45) is 35.5 Å². The van der Waals surface area contributed by atoms with Gasteiger partial charge in [-0.05, 0) is 150 Å². The van der Waals surface area contributed by atoms with E-state index in [1.807, 2.05) is 50.4 Å². The standard InChI is InChI=1S/C26H34OP.C18H13N2O.Ir/c27-28(24-4-2-1-3-5-24,25-12-18-6-19(13-25)8-20(7-18)14-25)26-15-21-9-22(16-26)11-23(10-21)17-26;1-11-6-9-16(19-10-11)15-5-3-4-13-14-8-7-12(2)20-18(14)21-17(13)15;/h1-4,18-23H,6-17H2;3-4,6-10H,1-2H3;/q2*-1;. The van der Waals surface area contributed by atoms with Gasteiger partial charge in [0, 0.05) is 47.7 Å². The minimum absolute atomic E-state index is 0. The Bertz CT molecular complexity index is 1990. The molecule has 0 atom stereocenters. The summed E-state index contributed by atoms with van der Waals surface area (Å²) < 4.78 is 21.9. The summed E-state index contributed by atoms with van der Waals surface area (Å²) in [6, 6.07) is 27.4. The van der Waals surface area contributed by atoms with Crippen molar-refractivity contribution >= 4 is 34.5 Å². The average molecular weight is 859 g/mol. The van der Waals surface area contributed by atoms with Crippen molar-refractivity contribution in [2.45, 2.75) is 101 Å². The molecule has 0 aliphatic heterocycles. The SMILES string of the molecule is Cc1ccc(-c2[c-]ccc3c2oc2nc(C)ccc23)nc1.O=P(c1[c-]cccc1)(C12CC3CC(CC(C3)C1)C2)C12CC3CC(CC(C3)C1)C2.[Ir]. The summed E-state index contributed by atoms with van der Waals surface area (Å²) in [5.74, 6) is 5.23. The molecule has 0 spiro atoms. The van der Waals surface area contributed by atoms with E-state index in [9.17, 15) is 0 Å². The fraction of sp³-hybridized carbons (Fsp3) is 0.500. The molecule has 261 valence electrons. The number of fused-ring (bicyclic) bond motifs is 3. The summed E-state index contributed by atoms with van der Waals surface area (Å²) in [7, 11) is -2.53. The first-order valence-corrected chi connectivity index (χ1v) is 20.7. The van der Waals surface area contributed by atoms with Crippen molar-refractivity contribution in [3.63, 3.8) is 0 Å². The normalized spacial score (nSPS) is 34.3. The average Bonchev–Trinajstić information content (AvgIpc) is 3.45. The number of furan rings is 1. The van der Waals surface area contributed by atoms with Crippen LogP contribution in [0.4, 0.5) is 0 Å². The van der Waals surface area contributed by atoms with E-state index in [0.717, 1.165) is 74.4 Å². The zero-order valence-electron chi connectivity index (χ0n) is 29.3. The number of rotatable bonds is 4. The molecule has 4 nitrogen and oxygen atoms in total. The molecule has 5 aromatic rings. The Hall–Kier alpha value is -2.58. The van der Waals surface area contributed by atoms with E-state index >= 15 is 4.57 Å². The van der Waals surface area contributed by atoms with E-state index < -0.39 is 7.14 Å². The third-order valence-corrected chi connectivity index (χ3v) is 18.7. The van der Waals surface area contributed by atoms with Crippen LogP contribution in [0, 0.1) is 61.5 Å². The Morgan fingerprint density at radius 2 is 1.30 bits per heavy atom. The van der Waals surface area contributed by atoms with Gasteiger partial charge in [-0.3, -0.25) is 0 Å². The second kappa shape index (κ2) is 12.2. The van der Waals surface area contributed by atoms with Crippen molar-refractivity contribution in [1.29, 1.82) is 0 Å². The molecule has 2 aromatic carbocycles. The molecular weight excluding hydrogens is 812 g/mol. The molecule has 8 aliphatic carbocycles. The van der Waals surface area contributed by atoms with Gasteiger partial charge in [-0.15, -0.1) is 23.5 Å². The van der Waals surface area contributed by atoms with Crippen LogP contribution in [0.15, 0.2) is 71.3 Å². The van der Waals surface area contributed by atoms with Gasteiger partial charge in [0.1, 0.15) is 7.14 Å². The predicted octanol–water partition coefficient (Wildman–Crippen LogP) is 10.9. The maximum absolute atomic E-state index is 15.9. The second-order valence-electron chi connectivity index (χ2n) is 17.4. The van der Waals surface area contributed by atoms with Crippen molar-refractivity contribution in [3.8, 4) is 11.3 Å². The van der Waals surface area contributed by atoms with Crippen molar-refractivity contribution in [3.05, 3.63) is 90.3 Å². The van der Waals surface area contributed by atoms with Crippen LogP contribution in [-0.2, 0) is 24.7 Å². The maximum atomic E-state index is 15.9. The molecule has 3 aromatic heterocycles. The van der Waals surface area contributed by atoms with Gasteiger partial charge in [0.2, 0.25) is 5.71 Å². The summed E-state index contributed by atoms with van der Waals surface area (Å²) in [5.41, 5.74) is 5.28. The fourth-order valence-electron chi connectivity index (χ4n) is 13.0. The van der Waals surface area contributed by atoms with Crippen molar-refractivity contribution < 1.29 is 29.1 Å². The van der Waals surface area contributed by atoms with E-state index in [-0.39, 0.29) is 30.4 Å². The topological polar surface area (TPSA) is 56.0 Å². The van der Waals surface area contributed by atoms with E-state index in [2.05, 4.69) is 52.4 Å². The van der Waals surface area contributed by atoms with Crippen LogP contribution >= 0.6 is 7.14 Å². The molecule has 3 heterocycles. The number of nitrogens with zero attached hydrogens (tertiary/aromatic N) is 2. The van der Waals surface area contributed by atoms with Crippen LogP contribution in [0.3, 0.4) is 0 Å². The summed E-state index contributed by atoms with van der Waals surface area (Å²) in [6.07, 6.45) is 18.2. The molecule has 13 rings (SSSR count). The monoisotopic (exact) mass is 859 g/mol. The minimum Gasteiger partial charge on any atom is -0.486 e. The molecule has 0 amide bonds. The van der Waals surface area contributed by atoms with Gasteiger partial charge in [-0.25, -0.2) is 4.98 Å². The number of aryl methyl sites for hydroxylation is 2. The van der Waals surface area contributed by atoms with Crippen LogP contribution in [-0.4, -0.2) is 20.3 Å². The third kappa shape index (κ3) is 5.11. The van der Waals surface area contributed by atoms with Gasteiger partial charge in [0.15, 0.2) is 0 Å². The molecule has 50 heavy (non-hydrogen) atoms. The van der Waals surface area contributed by atoms with Gasteiger partial charge in [0.25, 0.3) is 0 Å². The maximum Gasteiger partial charge on any atom is 0.216 e. The predicted molar refractivity (Wildman–Crippen MR) is 197 cm³/mol. The summed E-state index contributed by atoms with van der Waals surface area (Å²) >= 11 is 0. The second-order valence-corrected chi connectivity index (χ2v) is 21.0. The van der Waals surface area contributed by atoms with Gasteiger partial charge >= 0.3 is 0 Å². The molecular formula is C44H47IrN2O2P-2. The summed E-state index contributed by atoms with van der Waals surface area (Å²) in [5, 5.41) is 3.50. The molecule has 0 unspecified atom stereocenters. The largest absolute Gasteiger partial charge is 0.486 e. The first-order chi connectivity index (χ1) is 23.8. The smallest absolute Gasteiger partial charge is 0.216 e. The Morgan fingerprint density at radius 1 is 0.700 bits per heavy atom. The van der Waals surface area contributed by atoms with Crippen LogP contribution in [0.25, 0.3) is 33.3 Å². The van der Waals surface area contributed by atoms with Crippen LogP contribution in [0.2, 0.25) is 0 Å². The van der Waals surface area contributed by atoms with E-state index in [0.29, 0.717) is 5.71 Å². The molecule has 0 saturated heterocycles. The first kappa shape index (κ1) is 33.3. The molecule has 8 bridgehead atoms. The third-order valence-electron chi connectivity index (χ3n) is 14.0. The van der Waals surface area contributed by atoms with Crippen LogP contribution in [0.5, 0.6) is 0 Å². The zero-order chi connectivity index (χ0) is 33.0. The number of pyridine rings is 2. The number of benzene rings is 2. The molecule has 8 saturated carbocycles. The van der Waals surface area contributed by atoms with Gasteiger partial charge in [0.05, 0.1) is 5.58 Å². The Balaban J connectivity index is 0.000000138. The minimum atomic E-state index is -2.53. The summed E-state index contributed by atoms with van der Waals surface area (Å²) in [6.45, 7) is 3.98. The molecule has 1 radical (unpaired) electrons. The molecule has 8 fully saturated rings. The van der Waals surface area contributed by atoms with Gasteiger partial charge < -0.3 is 14.0 Å². The molecule has 6 heteroatoms. The number of hydrogen-bond donors (Lipinski definition) is 0. The number of hydrogen-bond acceptors (Lipinski definition) is 4. The quantitative estimate of drug-likeness (QED) is 0.133. The summed E-state index contributed by atoms with van der Waals surface area (Å²) in [4.78, 5) is 8.94. The number of aromatic nitrogens is 2. The van der Waals surface area contributed by atoms with E-state index in [4.69, 9.17) is 4.42 Å².